The number of nitrogens with zero attached hydrogens (tertiary/aromatic N) is 6. The van der Waals surface area contributed by atoms with Crippen molar-refractivity contribution >= 4 is 5.95 Å². The maximum Gasteiger partial charge on any atom is 0.264 e. The molecule has 1 aliphatic heterocycles. The number of anilines is 1. The average molecular weight is 429 g/mol. The smallest absolute Gasteiger partial charge is 0.264 e. The number of fused-ring (bicyclic) bond motifs is 1. The minimum Gasteiger partial charge on any atom is -0.455 e. The average Bonchev–Trinajstić information content (AvgIpc) is 3.22. The van der Waals surface area contributed by atoms with Gasteiger partial charge in [-0.2, -0.15) is 5.10 Å². The molecule has 1 atom stereocenters. The van der Waals surface area contributed by atoms with E-state index in [1.165, 1.54) is 0 Å². The molecule has 0 saturated heterocycles. The van der Waals surface area contributed by atoms with Crippen molar-refractivity contribution in [1.29, 1.82) is 0 Å². The van der Waals surface area contributed by atoms with Gasteiger partial charge in [0.1, 0.15) is 11.5 Å². The van der Waals surface area contributed by atoms with Gasteiger partial charge in [-0.1, -0.05) is 0 Å². The summed E-state index contributed by atoms with van der Waals surface area (Å²) in [5.74, 6) is 1.86. The van der Waals surface area contributed by atoms with Gasteiger partial charge in [0, 0.05) is 49.9 Å². The normalized spacial score (nSPS) is 15.2. The van der Waals surface area contributed by atoms with Crippen molar-refractivity contribution in [1.82, 2.24) is 29.3 Å². The van der Waals surface area contributed by atoms with Gasteiger partial charge in [0.15, 0.2) is 0 Å². The maximum atomic E-state index is 13.0. The summed E-state index contributed by atoms with van der Waals surface area (Å²) < 4.78 is 9.47. The van der Waals surface area contributed by atoms with Gasteiger partial charge in [-0.15, -0.1) is 0 Å². The largest absolute Gasteiger partial charge is 0.455 e. The number of ether oxygens (including phenoxy) is 1. The number of aryl methyl sites for hydroxylation is 2. The number of nitrogens with one attached hydrogen (secondary N) is 1. The monoisotopic (exact) mass is 429 g/mol. The van der Waals surface area contributed by atoms with Crippen LogP contribution in [0.1, 0.15) is 19.0 Å². The predicted octanol–water partition coefficient (Wildman–Crippen LogP) is 3.41. The summed E-state index contributed by atoms with van der Waals surface area (Å²) in [6, 6.07) is 7.57. The lowest BCUT2D eigenvalue weighted by Crippen LogP contribution is -2.35. The van der Waals surface area contributed by atoms with Crippen molar-refractivity contribution in [3.63, 3.8) is 0 Å². The molecule has 1 unspecified atom stereocenters. The number of hydrogen-bond acceptors (Lipinski definition) is 7. The third-order valence-electron chi connectivity index (χ3n) is 5.48. The quantitative estimate of drug-likeness (QED) is 0.531. The molecule has 1 N–H and O–H groups in total. The van der Waals surface area contributed by atoms with Crippen LogP contribution in [0.25, 0.3) is 22.5 Å². The SMILES string of the molecule is Cc1nc(-c2cnc3n(c2=O)CCC(C)N3)ccc1Oc1ccnc(-c2cnn(C)c2)c1. The molecule has 0 saturated carbocycles. The van der Waals surface area contributed by atoms with Gasteiger partial charge in [-0.25, -0.2) is 9.97 Å². The summed E-state index contributed by atoms with van der Waals surface area (Å²) in [6.07, 6.45) is 7.82. The van der Waals surface area contributed by atoms with Crippen LogP contribution in [0.15, 0.2) is 53.8 Å². The Kier molecular flexibility index (Phi) is 4.93. The summed E-state index contributed by atoms with van der Waals surface area (Å²) in [5.41, 5.74) is 3.32. The molecule has 4 aromatic heterocycles. The third-order valence-corrected chi connectivity index (χ3v) is 5.48. The van der Waals surface area contributed by atoms with Crippen LogP contribution >= 0.6 is 0 Å². The van der Waals surface area contributed by atoms with Gasteiger partial charge in [0.05, 0.1) is 28.8 Å². The lowest BCUT2D eigenvalue weighted by Gasteiger charge is -2.24. The molecule has 9 heteroatoms. The zero-order chi connectivity index (χ0) is 22.2. The second-order valence-electron chi connectivity index (χ2n) is 7.95. The Morgan fingerprint density at radius 2 is 2.03 bits per heavy atom. The zero-order valence-corrected chi connectivity index (χ0v) is 18.1. The molecule has 0 aromatic carbocycles. The van der Waals surface area contributed by atoms with Crippen LogP contribution in [0.4, 0.5) is 5.95 Å². The van der Waals surface area contributed by atoms with E-state index in [0.717, 1.165) is 17.7 Å². The molecule has 0 spiro atoms. The maximum absolute atomic E-state index is 13.0. The van der Waals surface area contributed by atoms with Gasteiger partial charge in [0.25, 0.3) is 5.56 Å². The molecule has 4 aromatic rings. The third kappa shape index (κ3) is 3.73. The first-order valence-corrected chi connectivity index (χ1v) is 10.5. The van der Waals surface area contributed by atoms with Gasteiger partial charge >= 0.3 is 0 Å². The lowest BCUT2D eigenvalue weighted by atomic mass is 10.1. The van der Waals surface area contributed by atoms with E-state index in [-0.39, 0.29) is 5.56 Å². The van der Waals surface area contributed by atoms with Crippen LogP contribution in [0, 0.1) is 6.92 Å². The Bertz CT molecular complexity index is 1360. The van der Waals surface area contributed by atoms with Crippen LogP contribution < -0.4 is 15.6 Å². The summed E-state index contributed by atoms with van der Waals surface area (Å²) >= 11 is 0. The van der Waals surface area contributed by atoms with Gasteiger partial charge < -0.3 is 10.1 Å². The molecule has 0 amide bonds. The van der Waals surface area contributed by atoms with E-state index in [0.29, 0.717) is 47.0 Å². The van der Waals surface area contributed by atoms with Crippen LogP contribution in [0.3, 0.4) is 0 Å². The van der Waals surface area contributed by atoms with Crippen molar-refractivity contribution < 1.29 is 4.74 Å². The molecule has 1 aliphatic rings. The molecule has 0 aliphatic carbocycles. The van der Waals surface area contributed by atoms with Crippen molar-refractivity contribution in [3.05, 3.63) is 65.1 Å². The van der Waals surface area contributed by atoms with Crippen LogP contribution in [-0.2, 0) is 13.6 Å². The molecular weight excluding hydrogens is 406 g/mol. The van der Waals surface area contributed by atoms with E-state index >= 15 is 0 Å². The Morgan fingerprint density at radius 1 is 1.16 bits per heavy atom. The Morgan fingerprint density at radius 3 is 2.81 bits per heavy atom. The summed E-state index contributed by atoms with van der Waals surface area (Å²) in [5, 5.41) is 7.43. The highest BCUT2D eigenvalue weighted by Crippen LogP contribution is 2.28. The molecule has 32 heavy (non-hydrogen) atoms. The highest BCUT2D eigenvalue weighted by atomic mass is 16.5. The highest BCUT2D eigenvalue weighted by Gasteiger charge is 2.19. The molecule has 0 bridgehead atoms. The van der Waals surface area contributed by atoms with Crippen molar-refractivity contribution in [2.75, 3.05) is 5.32 Å². The van der Waals surface area contributed by atoms with E-state index in [2.05, 4.69) is 32.3 Å². The fourth-order valence-corrected chi connectivity index (χ4v) is 3.72. The summed E-state index contributed by atoms with van der Waals surface area (Å²) in [7, 11) is 1.86. The summed E-state index contributed by atoms with van der Waals surface area (Å²) in [6.45, 7) is 4.58. The molecule has 162 valence electrons. The van der Waals surface area contributed by atoms with E-state index in [1.807, 2.05) is 32.3 Å². The van der Waals surface area contributed by atoms with Crippen LogP contribution in [-0.4, -0.2) is 35.3 Å². The number of pyridine rings is 2. The topological polar surface area (TPSA) is 99.8 Å². The number of hydrogen-bond donors (Lipinski definition) is 1. The fourth-order valence-electron chi connectivity index (χ4n) is 3.72. The van der Waals surface area contributed by atoms with Crippen LogP contribution in [0.2, 0.25) is 0 Å². The Labute approximate surface area is 184 Å². The second kappa shape index (κ2) is 7.92. The Balaban J connectivity index is 1.42. The molecule has 9 nitrogen and oxygen atoms in total. The Hall–Kier alpha value is -4.01. The molecule has 5 heterocycles. The van der Waals surface area contributed by atoms with E-state index < -0.39 is 0 Å². The van der Waals surface area contributed by atoms with E-state index in [9.17, 15) is 4.79 Å². The molecular formula is C23H23N7O2. The molecule has 0 radical (unpaired) electrons. The highest BCUT2D eigenvalue weighted by molar-refractivity contribution is 5.61. The van der Waals surface area contributed by atoms with Crippen molar-refractivity contribution in [3.8, 4) is 34.0 Å². The minimum atomic E-state index is -0.0924. The second-order valence-corrected chi connectivity index (χ2v) is 7.95. The van der Waals surface area contributed by atoms with Gasteiger partial charge in [-0.3, -0.25) is 19.0 Å². The van der Waals surface area contributed by atoms with Crippen molar-refractivity contribution in [2.45, 2.75) is 32.9 Å². The lowest BCUT2D eigenvalue weighted by molar-refractivity contribution is 0.475. The number of aromatic nitrogens is 6. The van der Waals surface area contributed by atoms with Crippen molar-refractivity contribution in [2.24, 2.45) is 7.05 Å². The van der Waals surface area contributed by atoms with Gasteiger partial charge in [0.2, 0.25) is 5.95 Å². The zero-order valence-electron chi connectivity index (χ0n) is 18.1. The first-order chi connectivity index (χ1) is 15.5. The number of rotatable bonds is 4. The van der Waals surface area contributed by atoms with Crippen LogP contribution in [0.5, 0.6) is 11.5 Å². The molecule has 0 fully saturated rings. The van der Waals surface area contributed by atoms with Gasteiger partial charge in [-0.05, 0) is 38.5 Å². The standard InChI is InChI=1S/C23H23N7O2/c1-14-7-9-30-22(31)18(12-25-23(30)27-14)19-4-5-21(15(2)28-19)32-17-6-8-24-20(10-17)16-11-26-29(3)13-16/h4-6,8,10-14H,7,9H2,1-3H3,(H,25,27). The first-order valence-electron chi connectivity index (χ1n) is 10.5. The predicted molar refractivity (Wildman–Crippen MR) is 121 cm³/mol. The van der Waals surface area contributed by atoms with E-state index in [4.69, 9.17) is 4.74 Å². The molecule has 5 rings (SSSR count). The first kappa shape index (κ1) is 19.9. The minimum absolute atomic E-state index is 0.0924. The fraction of sp³-hybridized carbons (Fsp3) is 0.261. The van der Waals surface area contributed by atoms with E-state index in [1.54, 1.807) is 40.0 Å². The summed E-state index contributed by atoms with van der Waals surface area (Å²) in [4.78, 5) is 26.4.